The lowest BCUT2D eigenvalue weighted by atomic mass is 10.2. The van der Waals surface area contributed by atoms with E-state index in [0.29, 0.717) is 24.2 Å². The Morgan fingerprint density at radius 2 is 2.04 bits per heavy atom. The maximum Gasteiger partial charge on any atom is 0.416 e. The zero-order valence-corrected chi connectivity index (χ0v) is 13.4. The molecular weight excluding hydrogens is 354 g/mol. The van der Waals surface area contributed by atoms with Gasteiger partial charge in [-0.1, -0.05) is 11.6 Å². The number of alkyl halides is 3. The second-order valence-electron chi connectivity index (χ2n) is 4.43. The van der Waals surface area contributed by atoms with Crippen molar-refractivity contribution in [2.45, 2.75) is 20.0 Å². The van der Waals surface area contributed by atoms with Crippen LogP contribution < -0.4 is 10.1 Å². The first-order valence-corrected chi connectivity index (χ1v) is 7.00. The lowest BCUT2D eigenvalue weighted by Gasteiger charge is -2.10. The molecule has 0 saturated heterocycles. The number of hydrogen-bond acceptors (Lipinski definition) is 3. The number of nitrogens with one attached hydrogen (secondary N) is 2. The molecule has 0 fully saturated rings. The fourth-order valence-electron chi connectivity index (χ4n) is 1.45. The summed E-state index contributed by atoms with van der Waals surface area (Å²) in [6, 6.07) is 2.37. The van der Waals surface area contributed by atoms with Crippen molar-refractivity contribution in [1.82, 2.24) is 15.5 Å². The molecule has 132 valence electrons. The van der Waals surface area contributed by atoms with E-state index < -0.39 is 28.3 Å². The molecule has 2 N–H and O–H groups in total. The predicted molar refractivity (Wildman–Crippen MR) is 79.6 cm³/mol. The van der Waals surface area contributed by atoms with Gasteiger partial charge in [0.25, 0.3) is 0 Å². The minimum absolute atomic E-state index is 0.0121. The third kappa shape index (κ3) is 5.73. The minimum atomic E-state index is -4.67. The number of aromatic nitrogens is 2. The fourth-order valence-corrected chi connectivity index (χ4v) is 1.70. The lowest BCUT2D eigenvalue weighted by Crippen LogP contribution is -2.07. The molecule has 1 aromatic heterocycles. The molecule has 1 aromatic carbocycles. The zero-order valence-electron chi connectivity index (χ0n) is 12.7. The number of ether oxygens (including phenoxy) is 1. The van der Waals surface area contributed by atoms with Gasteiger partial charge in [0.1, 0.15) is 0 Å². The monoisotopic (exact) mass is 367 g/mol. The molecule has 10 heteroatoms. The summed E-state index contributed by atoms with van der Waals surface area (Å²) in [7, 11) is 0. The van der Waals surface area contributed by atoms with Crippen molar-refractivity contribution in [2.75, 3.05) is 6.54 Å². The number of rotatable bonds is 4. The number of hydrogen-bond donors (Lipinski definition) is 2. The van der Waals surface area contributed by atoms with Crippen LogP contribution in [0.3, 0.4) is 0 Å². The summed E-state index contributed by atoms with van der Waals surface area (Å²) in [6.07, 6.45) is -3.99. The van der Waals surface area contributed by atoms with Crippen molar-refractivity contribution in [2.24, 2.45) is 0 Å². The van der Waals surface area contributed by atoms with Crippen LogP contribution in [0.15, 0.2) is 18.2 Å². The van der Waals surface area contributed by atoms with Crippen LogP contribution in [0.1, 0.15) is 18.2 Å². The van der Waals surface area contributed by atoms with E-state index in [0.717, 1.165) is 6.54 Å². The second kappa shape index (κ2) is 8.53. The van der Waals surface area contributed by atoms with Crippen LogP contribution in [0.4, 0.5) is 17.6 Å². The molecule has 2 aromatic rings. The van der Waals surface area contributed by atoms with Crippen LogP contribution in [-0.4, -0.2) is 23.2 Å². The van der Waals surface area contributed by atoms with E-state index in [2.05, 4.69) is 15.5 Å². The van der Waals surface area contributed by atoms with Gasteiger partial charge in [0.15, 0.2) is 11.6 Å². The van der Waals surface area contributed by atoms with Crippen molar-refractivity contribution >= 4 is 18.0 Å². The van der Waals surface area contributed by atoms with Gasteiger partial charge >= 0.3 is 6.18 Å². The summed E-state index contributed by atoms with van der Waals surface area (Å²) in [6.45, 7) is 4.28. The Bertz CT molecular complexity index is 666. The molecule has 5 nitrogen and oxygen atoms in total. The van der Waals surface area contributed by atoms with E-state index in [1.54, 1.807) is 6.92 Å². The van der Waals surface area contributed by atoms with Gasteiger partial charge in [-0.3, -0.25) is 9.89 Å². The summed E-state index contributed by atoms with van der Waals surface area (Å²) < 4.78 is 55.9. The Morgan fingerprint density at radius 1 is 1.38 bits per heavy atom. The van der Waals surface area contributed by atoms with Gasteiger partial charge in [-0.15, -0.1) is 5.10 Å². The Labute approximate surface area is 140 Å². The molecule has 0 unspecified atom stereocenters. The van der Waals surface area contributed by atoms with Crippen molar-refractivity contribution in [1.29, 1.82) is 0 Å². The molecule has 24 heavy (non-hydrogen) atoms. The normalized spacial score (nSPS) is 10.6. The highest BCUT2D eigenvalue weighted by Crippen LogP contribution is 2.38. The van der Waals surface area contributed by atoms with Gasteiger partial charge in [0, 0.05) is 18.3 Å². The summed E-state index contributed by atoms with van der Waals surface area (Å²) in [5, 5.41) is 8.16. The number of H-pyrrole nitrogens is 1. The number of aryl methyl sites for hydroxylation is 1. The van der Waals surface area contributed by atoms with Crippen molar-refractivity contribution < 1.29 is 27.1 Å². The van der Waals surface area contributed by atoms with Crippen molar-refractivity contribution in [3.8, 4) is 11.6 Å². The van der Waals surface area contributed by atoms with Gasteiger partial charge in [-0.25, -0.2) is 4.39 Å². The first kappa shape index (κ1) is 19.8. The summed E-state index contributed by atoms with van der Waals surface area (Å²) in [5.74, 6) is -1.69. The number of aromatic amines is 1. The fraction of sp³-hybridized carbons (Fsp3) is 0.286. The predicted octanol–water partition coefficient (Wildman–Crippen LogP) is 4.07. The average molecular weight is 368 g/mol. The van der Waals surface area contributed by atoms with E-state index in [4.69, 9.17) is 16.3 Å². The number of amides is 1. The molecule has 0 radical (unpaired) electrons. The van der Waals surface area contributed by atoms with E-state index >= 15 is 0 Å². The molecule has 2 rings (SSSR count). The number of halogens is 5. The molecule has 0 aliphatic carbocycles. The van der Waals surface area contributed by atoms with Gasteiger partial charge in [0.2, 0.25) is 12.3 Å². The highest BCUT2D eigenvalue weighted by molar-refractivity contribution is 6.32. The third-order valence-electron chi connectivity index (χ3n) is 2.50. The molecule has 0 spiro atoms. The van der Waals surface area contributed by atoms with Gasteiger partial charge < -0.3 is 10.1 Å². The van der Waals surface area contributed by atoms with Crippen molar-refractivity contribution in [3.05, 3.63) is 40.3 Å². The molecule has 0 aliphatic heterocycles. The highest BCUT2D eigenvalue weighted by atomic mass is 35.5. The van der Waals surface area contributed by atoms with E-state index in [1.165, 1.54) is 6.07 Å². The summed E-state index contributed by atoms with van der Waals surface area (Å²) >= 11 is 5.59. The second-order valence-corrected chi connectivity index (χ2v) is 4.84. The molecule has 1 heterocycles. The average Bonchev–Trinajstić information content (AvgIpc) is 2.88. The lowest BCUT2D eigenvalue weighted by molar-refractivity contribution is -0.137. The van der Waals surface area contributed by atoms with E-state index in [1.807, 2.05) is 6.92 Å². The Kier molecular flexibility index (Phi) is 7.02. The minimum Gasteiger partial charge on any atom is -0.433 e. The first-order chi connectivity index (χ1) is 11.2. The molecule has 0 aliphatic rings. The van der Waals surface area contributed by atoms with E-state index in [9.17, 15) is 22.4 Å². The number of carbonyl (C=O) groups is 1. The maximum atomic E-state index is 13.6. The van der Waals surface area contributed by atoms with E-state index in [-0.39, 0.29) is 5.88 Å². The van der Waals surface area contributed by atoms with Crippen LogP contribution in [0.25, 0.3) is 0 Å². The molecule has 0 bridgehead atoms. The van der Waals surface area contributed by atoms with Gasteiger partial charge in [0.05, 0.1) is 10.6 Å². The Morgan fingerprint density at radius 3 is 2.42 bits per heavy atom. The maximum absolute atomic E-state index is 13.6. The smallest absolute Gasteiger partial charge is 0.416 e. The van der Waals surface area contributed by atoms with Crippen LogP contribution in [-0.2, 0) is 11.0 Å². The third-order valence-corrected chi connectivity index (χ3v) is 2.78. The SMILES string of the molecule is CCNC=O.Cc1cc(Oc2c(F)cc(C(F)(F)F)cc2Cl)n[nH]1. The van der Waals surface area contributed by atoms with Gasteiger partial charge in [-0.2, -0.15) is 13.2 Å². The van der Waals surface area contributed by atoms with Crippen LogP contribution in [0.2, 0.25) is 5.02 Å². The Balaban J connectivity index is 0.000000505. The highest BCUT2D eigenvalue weighted by Gasteiger charge is 2.32. The molecular formula is C14H14ClF4N3O2. The number of benzene rings is 1. The zero-order chi connectivity index (χ0) is 18.3. The van der Waals surface area contributed by atoms with Crippen LogP contribution in [0.5, 0.6) is 11.6 Å². The molecule has 0 saturated carbocycles. The van der Waals surface area contributed by atoms with Crippen LogP contribution >= 0.6 is 11.6 Å². The van der Waals surface area contributed by atoms with Gasteiger partial charge in [-0.05, 0) is 26.0 Å². The molecule has 0 atom stereocenters. The number of nitrogens with zero attached hydrogens (tertiary/aromatic N) is 1. The quantitative estimate of drug-likeness (QED) is 0.632. The summed E-state index contributed by atoms with van der Waals surface area (Å²) in [4.78, 5) is 9.29. The number of carbonyl (C=O) groups excluding carboxylic acids is 1. The molecule has 1 amide bonds. The Hall–Kier alpha value is -2.29. The largest absolute Gasteiger partial charge is 0.433 e. The van der Waals surface area contributed by atoms with Crippen molar-refractivity contribution in [3.63, 3.8) is 0 Å². The summed E-state index contributed by atoms with van der Waals surface area (Å²) in [5.41, 5.74) is -0.529. The standard InChI is InChI=1S/C11H7ClF4N2O.C3H7NO/c1-5-2-9(18-17-5)19-10-7(12)3-6(4-8(10)13)11(14,15)16;1-2-4-3-5/h2-4H,1H3,(H,17,18);3H,2H2,1H3,(H,4,5). The van der Waals surface area contributed by atoms with Crippen LogP contribution in [0, 0.1) is 12.7 Å². The topological polar surface area (TPSA) is 67.0 Å². The first-order valence-electron chi connectivity index (χ1n) is 6.62.